The van der Waals surface area contributed by atoms with E-state index in [1.807, 2.05) is 6.92 Å². The maximum Gasteiger partial charge on any atom is 0.262 e. The van der Waals surface area contributed by atoms with Crippen molar-refractivity contribution in [3.8, 4) is 5.75 Å². The minimum atomic E-state index is -0.236. The van der Waals surface area contributed by atoms with E-state index in [1.165, 1.54) is 0 Å². The van der Waals surface area contributed by atoms with Gasteiger partial charge in [-0.2, -0.15) is 0 Å². The Morgan fingerprint density at radius 2 is 2.39 bits per heavy atom. The molecule has 2 rings (SSSR count). The average Bonchev–Trinajstić information content (AvgIpc) is 2.36. The van der Waals surface area contributed by atoms with Crippen LogP contribution in [0.25, 0.3) is 0 Å². The van der Waals surface area contributed by atoms with Gasteiger partial charge < -0.3 is 20.1 Å². The molecule has 0 fully saturated rings. The summed E-state index contributed by atoms with van der Waals surface area (Å²) in [5.74, 6) is 0.151. The molecule has 0 atom stereocenters. The van der Waals surface area contributed by atoms with Gasteiger partial charge in [-0.3, -0.25) is 9.59 Å². The van der Waals surface area contributed by atoms with E-state index in [-0.39, 0.29) is 25.0 Å². The van der Waals surface area contributed by atoms with Crippen molar-refractivity contribution in [2.75, 3.05) is 30.5 Å². The fraction of sp³-hybridized carbons (Fsp3) is 0.333. The maximum atomic E-state index is 11.4. The van der Waals surface area contributed by atoms with Gasteiger partial charge in [-0.1, -0.05) is 0 Å². The van der Waals surface area contributed by atoms with Gasteiger partial charge in [0.1, 0.15) is 12.4 Å². The lowest BCUT2D eigenvalue weighted by molar-refractivity contribution is -0.120. The molecule has 0 unspecified atom stereocenters. The molecule has 96 valence electrons. The molecule has 0 saturated heterocycles. The molecule has 0 radical (unpaired) electrons. The first kappa shape index (κ1) is 12.4. The van der Waals surface area contributed by atoms with Gasteiger partial charge in [-0.15, -0.1) is 0 Å². The van der Waals surface area contributed by atoms with Gasteiger partial charge >= 0.3 is 0 Å². The lowest BCUT2D eigenvalue weighted by Crippen LogP contribution is -2.25. The van der Waals surface area contributed by atoms with Crippen molar-refractivity contribution in [1.82, 2.24) is 0 Å². The summed E-state index contributed by atoms with van der Waals surface area (Å²) in [6.45, 7) is 2.33. The second-order valence-electron chi connectivity index (χ2n) is 3.73. The number of amides is 2. The van der Waals surface area contributed by atoms with E-state index in [9.17, 15) is 9.59 Å². The van der Waals surface area contributed by atoms with Gasteiger partial charge in [0.15, 0.2) is 6.61 Å². The van der Waals surface area contributed by atoms with Crippen LogP contribution < -0.4 is 15.4 Å². The van der Waals surface area contributed by atoms with Crippen LogP contribution in [-0.2, 0) is 14.3 Å². The minimum Gasteiger partial charge on any atom is -0.482 e. The van der Waals surface area contributed by atoms with E-state index in [1.54, 1.807) is 18.2 Å². The number of nitrogens with one attached hydrogen (secondary N) is 2. The Morgan fingerprint density at radius 1 is 1.56 bits per heavy atom. The van der Waals surface area contributed by atoms with Crippen LogP contribution in [0.4, 0.5) is 11.4 Å². The van der Waals surface area contributed by atoms with E-state index in [0.717, 1.165) is 0 Å². The van der Waals surface area contributed by atoms with E-state index in [2.05, 4.69) is 10.6 Å². The average molecular weight is 250 g/mol. The van der Waals surface area contributed by atoms with Gasteiger partial charge in [0.05, 0.1) is 5.69 Å². The summed E-state index contributed by atoms with van der Waals surface area (Å²) in [4.78, 5) is 22.6. The van der Waals surface area contributed by atoms with Crippen LogP contribution in [0.15, 0.2) is 18.2 Å². The van der Waals surface area contributed by atoms with Crippen LogP contribution in [0.1, 0.15) is 6.92 Å². The van der Waals surface area contributed by atoms with Crippen molar-refractivity contribution in [2.24, 2.45) is 0 Å². The first-order valence-corrected chi connectivity index (χ1v) is 5.63. The van der Waals surface area contributed by atoms with Crippen LogP contribution in [0.3, 0.4) is 0 Å². The fourth-order valence-corrected chi connectivity index (χ4v) is 1.55. The van der Waals surface area contributed by atoms with E-state index >= 15 is 0 Å². The molecule has 6 heteroatoms. The number of benzene rings is 1. The van der Waals surface area contributed by atoms with Crippen molar-refractivity contribution >= 4 is 23.2 Å². The van der Waals surface area contributed by atoms with E-state index in [0.29, 0.717) is 23.7 Å². The van der Waals surface area contributed by atoms with Crippen LogP contribution in [0, 0.1) is 0 Å². The smallest absolute Gasteiger partial charge is 0.262 e. The molecule has 0 aliphatic carbocycles. The lowest BCUT2D eigenvalue weighted by atomic mass is 10.2. The molecule has 0 spiro atoms. The summed E-state index contributed by atoms with van der Waals surface area (Å²) in [7, 11) is 0. The van der Waals surface area contributed by atoms with Gasteiger partial charge in [0.25, 0.3) is 5.91 Å². The molecule has 18 heavy (non-hydrogen) atoms. The number of fused-ring (bicyclic) bond motifs is 1. The minimum absolute atomic E-state index is 0.0104. The zero-order valence-electron chi connectivity index (χ0n) is 9.99. The Labute approximate surface area is 104 Å². The molecule has 1 aromatic rings. The molecule has 2 amide bonds. The highest BCUT2D eigenvalue weighted by atomic mass is 16.5. The van der Waals surface area contributed by atoms with Gasteiger partial charge in [-0.25, -0.2) is 0 Å². The summed E-state index contributed by atoms with van der Waals surface area (Å²) in [5.41, 5.74) is 1.14. The van der Waals surface area contributed by atoms with Crippen LogP contribution >= 0.6 is 0 Å². The molecule has 1 aliphatic rings. The molecule has 1 aromatic carbocycles. The molecular formula is C12H14N2O4. The molecule has 1 heterocycles. The second kappa shape index (κ2) is 5.50. The summed E-state index contributed by atoms with van der Waals surface area (Å²) in [6, 6.07) is 5.06. The van der Waals surface area contributed by atoms with Crippen molar-refractivity contribution in [1.29, 1.82) is 0 Å². The van der Waals surface area contributed by atoms with Crippen molar-refractivity contribution < 1.29 is 19.1 Å². The highest BCUT2D eigenvalue weighted by Crippen LogP contribution is 2.30. The molecule has 0 bridgehead atoms. The second-order valence-corrected chi connectivity index (χ2v) is 3.73. The molecular weight excluding hydrogens is 236 g/mol. The highest BCUT2D eigenvalue weighted by molar-refractivity contribution is 5.97. The normalized spacial score (nSPS) is 13.3. The zero-order chi connectivity index (χ0) is 13.0. The quantitative estimate of drug-likeness (QED) is 0.835. The Morgan fingerprint density at radius 3 is 3.17 bits per heavy atom. The highest BCUT2D eigenvalue weighted by Gasteiger charge is 2.16. The summed E-state index contributed by atoms with van der Waals surface area (Å²) < 4.78 is 10.2. The molecule has 2 N–H and O–H groups in total. The third-order valence-corrected chi connectivity index (χ3v) is 2.33. The van der Waals surface area contributed by atoms with Crippen LogP contribution in [0.2, 0.25) is 0 Å². The maximum absolute atomic E-state index is 11.4. The zero-order valence-corrected chi connectivity index (χ0v) is 9.99. The van der Waals surface area contributed by atoms with Crippen LogP contribution in [-0.4, -0.2) is 31.6 Å². The first-order chi connectivity index (χ1) is 8.69. The lowest BCUT2D eigenvalue weighted by Gasteiger charge is -2.18. The van der Waals surface area contributed by atoms with Crippen LogP contribution in [0.5, 0.6) is 5.75 Å². The Kier molecular flexibility index (Phi) is 3.78. The van der Waals surface area contributed by atoms with Crippen molar-refractivity contribution in [3.05, 3.63) is 18.2 Å². The monoisotopic (exact) mass is 250 g/mol. The molecule has 0 saturated carbocycles. The third-order valence-electron chi connectivity index (χ3n) is 2.33. The van der Waals surface area contributed by atoms with Crippen molar-refractivity contribution in [3.63, 3.8) is 0 Å². The summed E-state index contributed by atoms with van der Waals surface area (Å²) >= 11 is 0. The predicted molar refractivity (Wildman–Crippen MR) is 65.7 cm³/mol. The largest absolute Gasteiger partial charge is 0.482 e. The van der Waals surface area contributed by atoms with E-state index < -0.39 is 0 Å². The first-order valence-electron chi connectivity index (χ1n) is 5.63. The summed E-state index contributed by atoms with van der Waals surface area (Å²) in [6.07, 6.45) is 0. The third kappa shape index (κ3) is 2.98. The Bertz CT molecular complexity index is 473. The Balaban J connectivity index is 2.04. The van der Waals surface area contributed by atoms with Crippen molar-refractivity contribution in [2.45, 2.75) is 6.92 Å². The number of rotatable bonds is 4. The van der Waals surface area contributed by atoms with Gasteiger partial charge in [0, 0.05) is 12.3 Å². The topological polar surface area (TPSA) is 76.7 Å². The number of anilines is 2. The SMILES string of the molecule is CCOCC(=O)Nc1ccc2c(c1)NC(=O)CO2. The standard InChI is InChI=1S/C12H14N2O4/c1-2-17-6-11(15)13-8-3-4-10-9(5-8)14-12(16)7-18-10/h3-5H,2,6-7H2,1H3,(H,13,15)(H,14,16). The number of hydrogen-bond donors (Lipinski definition) is 2. The number of carbonyl (C=O) groups is 2. The number of hydrogen-bond acceptors (Lipinski definition) is 4. The molecule has 0 aromatic heterocycles. The van der Waals surface area contributed by atoms with Gasteiger partial charge in [0.2, 0.25) is 5.91 Å². The summed E-state index contributed by atoms with van der Waals surface area (Å²) in [5, 5.41) is 5.34. The van der Waals surface area contributed by atoms with E-state index in [4.69, 9.17) is 9.47 Å². The fourth-order valence-electron chi connectivity index (χ4n) is 1.55. The molecule has 6 nitrogen and oxygen atoms in total. The Hall–Kier alpha value is -2.08. The number of ether oxygens (including phenoxy) is 2. The molecule has 1 aliphatic heterocycles. The predicted octanol–water partition coefficient (Wildman–Crippen LogP) is 0.992. The number of carbonyl (C=O) groups excluding carboxylic acids is 2. The van der Waals surface area contributed by atoms with Gasteiger partial charge in [-0.05, 0) is 25.1 Å².